The van der Waals surface area contributed by atoms with Crippen molar-refractivity contribution in [2.45, 2.75) is 19.6 Å². The molecular formula is C9H14NO4+. The van der Waals surface area contributed by atoms with Crippen LogP contribution >= 0.6 is 0 Å². The molecule has 1 aromatic rings. The van der Waals surface area contributed by atoms with Crippen LogP contribution in [0, 0.1) is 0 Å². The van der Waals surface area contributed by atoms with Gasteiger partial charge in [-0.05, 0) is 0 Å². The molecule has 0 saturated heterocycles. The number of aromatic nitrogens is 1. The first-order valence-corrected chi connectivity index (χ1v) is 4.35. The molecule has 5 nitrogen and oxygen atoms in total. The van der Waals surface area contributed by atoms with Gasteiger partial charge >= 0.3 is 0 Å². The second-order valence-corrected chi connectivity index (χ2v) is 2.92. The van der Waals surface area contributed by atoms with Crippen molar-refractivity contribution < 1.29 is 25.0 Å². The minimum absolute atomic E-state index is 0.0412. The average Bonchev–Trinajstić information content (AvgIpc) is 2.20. The first-order chi connectivity index (χ1) is 6.70. The Morgan fingerprint density at radius 1 is 1.21 bits per heavy atom. The van der Waals surface area contributed by atoms with E-state index in [1.165, 1.54) is 6.07 Å². The summed E-state index contributed by atoms with van der Waals surface area (Å²) >= 11 is 0. The van der Waals surface area contributed by atoms with Crippen LogP contribution in [0.5, 0.6) is 11.5 Å². The topological polar surface area (TPSA) is 84.8 Å². The number of aliphatic hydroxyl groups excluding tert-OH is 2. The second-order valence-electron chi connectivity index (χ2n) is 2.92. The van der Waals surface area contributed by atoms with E-state index >= 15 is 0 Å². The monoisotopic (exact) mass is 200 g/mol. The largest absolute Gasteiger partial charge is 0.504 e. The smallest absolute Gasteiger partial charge is 0.253 e. The van der Waals surface area contributed by atoms with Crippen molar-refractivity contribution in [1.29, 1.82) is 0 Å². The zero-order valence-corrected chi connectivity index (χ0v) is 7.72. The molecule has 0 radical (unpaired) electrons. The summed E-state index contributed by atoms with van der Waals surface area (Å²) in [7, 11) is 0. The molecule has 0 unspecified atom stereocenters. The zero-order chi connectivity index (χ0) is 10.6. The minimum atomic E-state index is -0.355. The molecular weight excluding hydrogens is 186 g/mol. The summed E-state index contributed by atoms with van der Waals surface area (Å²) in [6.07, 6.45) is 2.08. The predicted octanol–water partition coefficient (Wildman–Crippen LogP) is -0.740. The van der Waals surface area contributed by atoms with Crippen LogP contribution in [0.4, 0.5) is 0 Å². The van der Waals surface area contributed by atoms with Gasteiger partial charge in [-0.15, -0.1) is 0 Å². The Morgan fingerprint density at radius 2 is 1.93 bits per heavy atom. The van der Waals surface area contributed by atoms with Crippen molar-refractivity contribution >= 4 is 0 Å². The van der Waals surface area contributed by atoms with Crippen LogP contribution in [0.1, 0.15) is 12.1 Å². The maximum absolute atomic E-state index is 9.38. The van der Waals surface area contributed by atoms with E-state index in [-0.39, 0.29) is 30.4 Å². The summed E-state index contributed by atoms with van der Waals surface area (Å²) in [6.45, 7) is 0.172. The van der Waals surface area contributed by atoms with Gasteiger partial charge in [0.15, 0.2) is 18.5 Å². The lowest BCUT2D eigenvalue weighted by atomic mass is 10.3. The SMILES string of the molecule is OCCC[n+]1ccc(O)c(O)c1CO. The molecule has 1 rings (SSSR count). The first-order valence-electron chi connectivity index (χ1n) is 4.35. The van der Waals surface area contributed by atoms with Gasteiger partial charge in [-0.3, -0.25) is 0 Å². The normalized spacial score (nSPS) is 10.4. The molecule has 0 aromatic carbocycles. The molecule has 0 aliphatic heterocycles. The quantitative estimate of drug-likeness (QED) is 0.482. The van der Waals surface area contributed by atoms with Gasteiger partial charge in [0.05, 0.1) is 0 Å². The minimum Gasteiger partial charge on any atom is -0.504 e. The lowest BCUT2D eigenvalue weighted by Crippen LogP contribution is -2.38. The Labute approximate surface area is 81.5 Å². The number of nitrogens with zero attached hydrogens (tertiary/aromatic N) is 1. The van der Waals surface area contributed by atoms with Gasteiger partial charge in [0.2, 0.25) is 5.75 Å². The summed E-state index contributed by atoms with van der Waals surface area (Å²) in [5, 5.41) is 36.1. The van der Waals surface area contributed by atoms with Crippen LogP contribution in [0.15, 0.2) is 12.3 Å². The van der Waals surface area contributed by atoms with Gasteiger partial charge in [0.1, 0.15) is 6.61 Å². The maximum Gasteiger partial charge on any atom is 0.253 e. The highest BCUT2D eigenvalue weighted by Crippen LogP contribution is 2.25. The third kappa shape index (κ3) is 2.12. The summed E-state index contributed by atoms with van der Waals surface area (Å²) in [5.41, 5.74) is 0.249. The average molecular weight is 200 g/mol. The van der Waals surface area contributed by atoms with Gasteiger partial charge in [-0.1, -0.05) is 0 Å². The van der Waals surface area contributed by atoms with E-state index in [0.717, 1.165) is 0 Å². The van der Waals surface area contributed by atoms with Crippen LogP contribution in [-0.2, 0) is 13.2 Å². The van der Waals surface area contributed by atoms with E-state index < -0.39 is 0 Å². The standard InChI is InChI=1S/C9H13NO4/c11-5-1-3-10-4-2-8(13)9(14)7(10)6-12/h2,4,11-12,14H,1,3,5-6H2/p+1. The molecule has 14 heavy (non-hydrogen) atoms. The van der Waals surface area contributed by atoms with Gasteiger partial charge in [-0.25, -0.2) is 0 Å². The molecule has 0 atom stereocenters. The van der Waals surface area contributed by atoms with Gasteiger partial charge in [0.25, 0.3) is 5.69 Å². The molecule has 4 N–H and O–H groups in total. The van der Waals surface area contributed by atoms with E-state index in [0.29, 0.717) is 13.0 Å². The molecule has 1 heterocycles. The highest BCUT2D eigenvalue weighted by atomic mass is 16.3. The number of rotatable bonds is 4. The number of pyridine rings is 1. The first kappa shape index (κ1) is 10.7. The van der Waals surface area contributed by atoms with Crippen LogP contribution < -0.4 is 4.57 Å². The Balaban J connectivity index is 2.98. The van der Waals surface area contributed by atoms with Gasteiger partial charge in [-0.2, -0.15) is 4.57 Å². The second kappa shape index (κ2) is 4.78. The van der Waals surface area contributed by atoms with Crippen LogP contribution in [0.2, 0.25) is 0 Å². The molecule has 5 heteroatoms. The highest BCUT2D eigenvalue weighted by molar-refractivity contribution is 5.36. The van der Waals surface area contributed by atoms with E-state index in [2.05, 4.69) is 0 Å². The lowest BCUT2D eigenvalue weighted by molar-refractivity contribution is -0.706. The number of aromatic hydroxyl groups is 2. The summed E-state index contributed by atoms with van der Waals surface area (Å²) < 4.78 is 1.59. The molecule has 0 fully saturated rings. The summed E-state index contributed by atoms with van der Waals surface area (Å²) in [5.74, 6) is -0.567. The van der Waals surface area contributed by atoms with Gasteiger partial charge in [0, 0.05) is 19.1 Å². The number of hydrogen-bond donors (Lipinski definition) is 4. The van der Waals surface area contributed by atoms with Crippen LogP contribution in [0.25, 0.3) is 0 Å². The molecule has 78 valence electrons. The van der Waals surface area contributed by atoms with E-state index in [1.54, 1.807) is 10.8 Å². The van der Waals surface area contributed by atoms with Crippen LogP contribution in [-0.4, -0.2) is 27.0 Å². The zero-order valence-electron chi connectivity index (χ0n) is 7.72. The van der Waals surface area contributed by atoms with Crippen molar-refractivity contribution in [3.05, 3.63) is 18.0 Å². The Morgan fingerprint density at radius 3 is 2.50 bits per heavy atom. The lowest BCUT2D eigenvalue weighted by Gasteiger charge is -2.04. The van der Waals surface area contributed by atoms with E-state index in [1.807, 2.05) is 0 Å². The molecule has 0 saturated carbocycles. The highest BCUT2D eigenvalue weighted by Gasteiger charge is 2.18. The Hall–Kier alpha value is -1.33. The summed E-state index contributed by atoms with van der Waals surface area (Å²) in [4.78, 5) is 0. The fourth-order valence-corrected chi connectivity index (χ4v) is 1.23. The number of hydrogen-bond acceptors (Lipinski definition) is 4. The third-order valence-corrected chi connectivity index (χ3v) is 1.98. The molecule has 0 aliphatic carbocycles. The molecule has 0 amide bonds. The fraction of sp³-hybridized carbons (Fsp3) is 0.444. The van der Waals surface area contributed by atoms with E-state index in [4.69, 9.17) is 15.3 Å². The third-order valence-electron chi connectivity index (χ3n) is 1.98. The fourth-order valence-electron chi connectivity index (χ4n) is 1.23. The molecule has 1 aromatic heterocycles. The van der Waals surface area contributed by atoms with Crippen molar-refractivity contribution in [2.75, 3.05) is 6.61 Å². The molecule has 0 aliphatic rings. The number of aliphatic hydroxyl groups is 2. The number of aryl methyl sites for hydroxylation is 1. The Kier molecular flexibility index (Phi) is 3.67. The van der Waals surface area contributed by atoms with Crippen molar-refractivity contribution in [1.82, 2.24) is 0 Å². The maximum atomic E-state index is 9.38. The predicted molar refractivity (Wildman–Crippen MR) is 47.6 cm³/mol. The van der Waals surface area contributed by atoms with Crippen molar-refractivity contribution in [3.8, 4) is 11.5 Å². The molecule has 0 spiro atoms. The van der Waals surface area contributed by atoms with Crippen molar-refractivity contribution in [2.24, 2.45) is 0 Å². The Bertz CT molecular complexity index is 314. The van der Waals surface area contributed by atoms with Crippen LogP contribution in [0.3, 0.4) is 0 Å². The van der Waals surface area contributed by atoms with Crippen molar-refractivity contribution in [3.63, 3.8) is 0 Å². The van der Waals surface area contributed by atoms with Gasteiger partial charge < -0.3 is 20.4 Å². The van der Waals surface area contributed by atoms with E-state index in [9.17, 15) is 5.11 Å². The summed E-state index contributed by atoms with van der Waals surface area (Å²) in [6, 6.07) is 1.34. The molecule has 0 bridgehead atoms.